The van der Waals surface area contributed by atoms with Crippen LogP contribution in [-0.4, -0.2) is 43.3 Å². The molecule has 0 radical (unpaired) electrons. The minimum absolute atomic E-state index is 0.130. The molecule has 0 aliphatic carbocycles. The molecule has 29 heavy (non-hydrogen) atoms. The summed E-state index contributed by atoms with van der Waals surface area (Å²) in [6.45, 7) is 4.09. The van der Waals surface area contributed by atoms with Crippen molar-refractivity contribution in [2.45, 2.75) is 44.9 Å². The fourth-order valence-corrected chi connectivity index (χ4v) is 4.14. The Hall–Kier alpha value is -3.19. The lowest BCUT2D eigenvalue weighted by Crippen LogP contribution is -2.44. The van der Waals surface area contributed by atoms with Gasteiger partial charge in [0.25, 0.3) is 0 Å². The van der Waals surface area contributed by atoms with E-state index in [-0.39, 0.29) is 11.9 Å². The van der Waals surface area contributed by atoms with Crippen molar-refractivity contribution in [3.63, 3.8) is 0 Å². The number of hydrogen-bond acceptors (Lipinski definition) is 6. The van der Waals surface area contributed by atoms with Crippen LogP contribution in [0.5, 0.6) is 11.6 Å². The molecule has 3 atom stereocenters. The van der Waals surface area contributed by atoms with E-state index in [4.69, 9.17) is 4.74 Å². The molecule has 5 rings (SSSR count). The van der Waals surface area contributed by atoms with Crippen molar-refractivity contribution in [2.24, 2.45) is 0 Å². The summed E-state index contributed by atoms with van der Waals surface area (Å²) in [5.41, 5.74) is 4.32. The predicted octanol–water partition coefficient (Wildman–Crippen LogP) is 3.17. The molecule has 0 amide bonds. The average Bonchev–Trinajstić information content (AvgIpc) is 3.25. The molecule has 2 aromatic heterocycles. The predicted molar refractivity (Wildman–Crippen MR) is 109 cm³/mol. The Kier molecular flexibility index (Phi) is 4.32. The molecule has 7 nitrogen and oxygen atoms in total. The number of nitrogens with one attached hydrogen (secondary N) is 1. The van der Waals surface area contributed by atoms with Crippen molar-refractivity contribution in [3.05, 3.63) is 59.9 Å². The van der Waals surface area contributed by atoms with E-state index in [0.717, 1.165) is 24.2 Å². The first kappa shape index (κ1) is 17.9. The molecule has 1 aromatic carbocycles. The number of rotatable bonds is 4. The van der Waals surface area contributed by atoms with Crippen molar-refractivity contribution < 1.29 is 9.84 Å². The number of phenolic OH excluding ortho intramolecular Hbond substituents is 1. The molecule has 7 heteroatoms. The lowest BCUT2D eigenvalue weighted by molar-refractivity contribution is 0.134. The van der Waals surface area contributed by atoms with Gasteiger partial charge in [-0.15, -0.1) is 10.2 Å². The van der Waals surface area contributed by atoms with E-state index in [0.29, 0.717) is 29.2 Å². The first-order valence-electron chi connectivity index (χ1n) is 9.86. The van der Waals surface area contributed by atoms with Gasteiger partial charge in [-0.2, -0.15) is 5.10 Å². The highest BCUT2D eigenvalue weighted by Gasteiger charge is 2.34. The number of piperidine rings is 1. The fraction of sp³-hybridized carbons (Fsp3) is 0.318. The summed E-state index contributed by atoms with van der Waals surface area (Å²) in [4.78, 5) is 0. The summed E-state index contributed by atoms with van der Waals surface area (Å²) in [5, 5.41) is 26.9. The minimum Gasteiger partial charge on any atom is -0.507 e. The number of nitrogens with zero attached hydrogens (tertiary/aromatic N) is 4. The van der Waals surface area contributed by atoms with Crippen LogP contribution in [0.25, 0.3) is 16.9 Å². The SMILES string of the molecule is CC1=CC2CC(Oc3ccc(-c4ccc(-n5ccc(C)n5)cc4O)nn3)CC1N2. The van der Waals surface area contributed by atoms with Crippen molar-refractivity contribution in [1.82, 2.24) is 25.3 Å². The molecule has 1 fully saturated rings. The minimum atomic E-state index is 0.130. The smallest absolute Gasteiger partial charge is 0.233 e. The lowest BCUT2D eigenvalue weighted by atomic mass is 10.00. The molecule has 2 aliphatic heterocycles. The molecule has 2 N–H and O–H groups in total. The second kappa shape index (κ2) is 7.00. The summed E-state index contributed by atoms with van der Waals surface area (Å²) in [5.74, 6) is 0.649. The van der Waals surface area contributed by atoms with Crippen LogP contribution >= 0.6 is 0 Å². The average molecular weight is 389 g/mol. The van der Waals surface area contributed by atoms with E-state index in [2.05, 4.69) is 33.6 Å². The Morgan fingerprint density at radius 2 is 2.00 bits per heavy atom. The number of fused-ring (bicyclic) bond motifs is 2. The molecule has 4 heterocycles. The van der Waals surface area contributed by atoms with E-state index in [1.807, 2.05) is 43.5 Å². The quantitative estimate of drug-likeness (QED) is 0.667. The summed E-state index contributed by atoms with van der Waals surface area (Å²) in [6, 6.07) is 11.7. The van der Waals surface area contributed by atoms with Gasteiger partial charge in [-0.25, -0.2) is 4.68 Å². The van der Waals surface area contributed by atoms with Gasteiger partial charge < -0.3 is 15.2 Å². The highest BCUT2D eigenvalue weighted by Crippen LogP contribution is 2.31. The first-order valence-corrected chi connectivity index (χ1v) is 9.86. The normalized spacial score (nSPS) is 23.1. The van der Waals surface area contributed by atoms with E-state index < -0.39 is 0 Å². The Morgan fingerprint density at radius 3 is 2.69 bits per heavy atom. The molecule has 2 bridgehead atoms. The second-order valence-corrected chi connectivity index (χ2v) is 7.81. The maximum atomic E-state index is 10.5. The molecule has 0 spiro atoms. The van der Waals surface area contributed by atoms with Crippen LogP contribution in [0.4, 0.5) is 0 Å². The zero-order valence-corrected chi connectivity index (χ0v) is 16.4. The monoisotopic (exact) mass is 389 g/mol. The highest BCUT2D eigenvalue weighted by atomic mass is 16.5. The largest absolute Gasteiger partial charge is 0.507 e. The third kappa shape index (κ3) is 3.49. The Balaban J connectivity index is 1.30. The second-order valence-electron chi connectivity index (χ2n) is 7.81. The molecule has 2 aliphatic rings. The van der Waals surface area contributed by atoms with E-state index in [9.17, 15) is 5.11 Å². The third-order valence-corrected chi connectivity index (χ3v) is 5.62. The maximum Gasteiger partial charge on any atom is 0.233 e. The lowest BCUT2D eigenvalue weighted by Gasteiger charge is -2.30. The van der Waals surface area contributed by atoms with Crippen LogP contribution in [0.2, 0.25) is 0 Å². The van der Waals surface area contributed by atoms with Gasteiger partial charge in [-0.3, -0.25) is 0 Å². The number of benzene rings is 1. The number of phenols is 1. The Labute approximate surface area is 169 Å². The van der Waals surface area contributed by atoms with Crippen LogP contribution < -0.4 is 10.1 Å². The number of aryl methyl sites for hydroxylation is 1. The van der Waals surface area contributed by atoms with Gasteiger partial charge in [0.2, 0.25) is 5.88 Å². The van der Waals surface area contributed by atoms with E-state index in [1.165, 1.54) is 5.57 Å². The van der Waals surface area contributed by atoms with E-state index in [1.54, 1.807) is 10.7 Å². The number of aromatic hydroxyl groups is 1. The van der Waals surface area contributed by atoms with Crippen molar-refractivity contribution >= 4 is 0 Å². The third-order valence-electron chi connectivity index (χ3n) is 5.62. The zero-order chi connectivity index (χ0) is 20.0. The summed E-state index contributed by atoms with van der Waals surface area (Å²) in [7, 11) is 0. The molecule has 1 saturated heterocycles. The topological polar surface area (TPSA) is 85.1 Å². The van der Waals surface area contributed by atoms with Crippen LogP contribution in [0.15, 0.2) is 54.2 Å². The molecule has 148 valence electrons. The molecule has 3 unspecified atom stereocenters. The van der Waals surface area contributed by atoms with Gasteiger partial charge in [0.1, 0.15) is 11.9 Å². The van der Waals surface area contributed by atoms with Crippen LogP contribution in [-0.2, 0) is 0 Å². The summed E-state index contributed by atoms with van der Waals surface area (Å²) >= 11 is 0. The Morgan fingerprint density at radius 1 is 1.10 bits per heavy atom. The van der Waals surface area contributed by atoms with Gasteiger partial charge in [0.15, 0.2) is 0 Å². The van der Waals surface area contributed by atoms with Gasteiger partial charge in [0, 0.05) is 48.8 Å². The van der Waals surface area contributed by atoms with Crippen molar-refractivity contribution in [2.75, 3.05) is 0 Å². The van der Waals surface area contributed by atoms with Gasteiger partial charge in [-0.05, 0) is 38.1 Å². The first-order chi connectivity index (χ1) is 14.0. The fourth-order valence-electron chi connectivity index (χ4n) is 4.14. The standard InChI is InChI=1S/C22H23N5O2/c1-13-9-15-10-17(12-20(13)23-15)29-22-6-5-19(24-25-22)18-4-3-16(11-21(18)28)27-8-7-14(2)26-27/h3-9,11,15,17,20,23,28H,10,12H2,1-2H3. The van der Waals surface area contributed by atoms with Gasteiger partial charge >= 0.3 is 0 Å². The van der Waals surface area contributed by atoms with E-state index >= 15 is 0 Å². The molecule has 0 saturated carbocycles. The van der Waals surface area contributed by atoms with Crippen LogP contribution in [0.1, 0.15) is 25.5 Å². The van der Waals surface area contributed by atoms with Crippen molar-refractivity contribution in [3.8, 4) is 28.6 Å². The number of ether oxygens (including phenoxy) is 1. The highest BCUT2D eigenvalue weighted by molar-refractivity contribution is 5.68. The molecular weight excluding hydrogens is 366 g/mol. The number of aromatic nitrogens is 4. The van der Waals surface area contributed by atoms with Crippen molar-refractivity contribution in [1.29, 1.82) is 0 Å². The summed E-state index contributed by atoms with van der Waals surface area (Å²) in [6.07, 6.45) is 6.16. The van der Waals surface area contributed by atoms with Crippen LogP contribution in [0.3, 0.4) is 0 Å². The summed E-state index contributed by atoms with van der Waals surface area (Å²) < 4.78 is 7.79. The molecular formula is C22H23N5O2. The van der Waals surface area contributed by atoms with Crippen LogP contribution in [0, 0.1) is 6.92 Å². The number of hydrogen-bond donors (Lipinski definition) is 2. The zero-order valence-electron chi connectivity index (χ0n) is 16.4. The Bertz CT molecular complexity index is 1070. The van der Waals surface area contributed by atoms with Gasteiger partial charge in [-0.1, -0.05) is 11.6 Å². The maximum absolute atomic E-state index is 10.5. The molecule has 3 aromatic rings. The van der Waals surface area contributed by atoms with Gasteiger partial charge in [0.05, 0.1) is 17.1 Å².